The van der Waals surface area contributed by atoms with Crippen LogP contribution >= 0.6 is 0 Å². The van der Waals surface area contributed by atoms with E-state index in [1.54, 1.807) is 0 Å². The molecule has 100 valence electrons. The first-order chi connectivity index (χ1) is 8.93. The molecule has 0 aliphatic rings. The minimum Gasteiger partial charge on any atom is -0.331 e. The first kappa shape index (κ1) is 13.6. The maximum absolute atomic E-state index is 8.94. The van der Waals surface area contributed by atoms with Gasteiger partial charge in [0.05, 0.1) is 17.1 Å². The number of nitriles is 1. The number of nitrogens with one attached hydrogen (secondary N) is 1. The van der Waals surface area contributed by atoms with Crippen LogP contribution in [0.3, 0.4) is 0 Å². The van der Waals surface area contributed by atoms with Crippen molar-refractivity contribution in [3.8, 4) is 6.07 Å². The van der Waals surface area contributed by atoms with Crippen LogP contribution < -0.4 is 5.32 Å². The summed E-state index contributed by atoms with van der Waals surface area (Å²) in [6.45, 7) is 6.57. The van der Waals surface area contributed by atoms with Gasteiger partial charge in [-0.2, -0.15) is 5.26 Å². The van der Waals surface area contributed by atoms with Gasteiger partial charge in [-0.25, -0.2) is 4.98 Å². The number of aryl methyl sites for hydroxylation is 2. The molecule has 19 heavy (non-hydrogen) atoms. The predicted octanol–water partition coefficient (Wildman–Crippen LogP) is 2.32. The molecule has 1 heterocycles. The topological polar surface area (TPSA) is 53.6 Å². The summed E-state index contributed by atoms with van der Waals surface area (Å²) >= 11 is 0. The quantitative estimate of drug-likeness (QED) is 0.913. The van der Waals surface area contributed by atoms with E-state index in [4.69, 9.17) is 5.26 Å². The highest BCUT2D eigenvalue weighted by Gasteiger charge is 2.14. The van der Waals surface area contributed by atoms with Gasteiger partial charge in [0.1, 0.15) is 11.4 Å². The van der Waals surface area contributed by atoms with Crippen molar-refractivity contribution >= 4 is 11.0 Å². The first-order valence-electron chi connectivity index (χ1n) is 6.51. The zero-order chi connectivity index (χ0) is 14.0. The average Bonchev–Trinajstić information content (AvgIpc) is 2.65. The van der Waals surface area contributed by atoms with Crippen molar-refractivity contribution in [1.29, 1.82) is 5.26 Å². The number of imidazole rings is 1. The molecule has 1 aromatic heterocycles. The van der Waals surface area contributed by atoms with Crippen molar-refractivity contribution in [2.45, 2.75) is 32.7 Å². The van der Waals surface area contributed by atoms with E-state index in [1.165, 1.54) is 5.56 Å². The molecule has 1 aromatic carbocycles. The summed E-state index contributed by atoms with van der Waals surface area (Å²) < 4.78 is 2.09. The molecular formula is C15H20N4. The lowest BCUT2D eigenvalue weighted by atomic mass is 10.1. The summed E-state index contributed by atoms with van der Waals surface area (Å²) in [6, 6.07) is 8.61. The molecule has 0 aliphatic carbocycles. The zero-order valence-electron chi connectivity index (χ0n) is 12.0. The Morgan fingerprint density at radius 3 is 2.84 bits per heavy atom. The van der Waals surface area contributed by atoms with E-state index in [2.05, 4.69) is 39.1 Å². The molecule has 0 bridgehead atoms. The Hall–Kier alpha value is -1.86. The second-order valence-electron chi connectivity index (χ2n) is 5.45. The standard InChI is InChI=1S/C15H20N4/c1-11-18-13-9-12(5-6-14(13)19(11)4)7-8-17-15(2,3)10-16/h5-6,9,17H,7-8H2,1-4H3. The number of hydrogen-bond donors (Lipinski definition) is 1. The summed E-state index contributed by atoms with van der Waals surface area (Å²) in [5.41, 5.74) is 2.97. The molecule has 4 nitrogen and oxygen atoms in total. The minimum absolute atomic E-state index is 0.467. The number of benzene rings is 1. The largest absolute Gasteiger partial charge is 0.331 e. The monoisotopic (exact) mass is 256 g/mol. The Morgan fingerprint density at radius 1 is 1.42 bits per heavy atom. The van der Waals surface area contributed by atoms with E-state index >= 15 is 0 Å². The summed E-state index contributed by atoms with van der Waals surface area (Å²) in [5.74, 6) is 1.02. The smallest absolute Gasteiger partial charge is 0.106 e. The maximum atomic E-state index is 8.94. The van der Waals surface area contributed by atoms with Gasteiger partial charge in [0.15, 0.2) is 0 Å². The van der Waals surface area contributed by atoms with E-state index in [0.717, 1.165) is 29.8 Å². The molecule has 0 atom stereocenters. The van der Waals surface area contributed by atoms with Crippen LogP contribution in [0, 0.1) is 18.3 Å². The fraction of sp³-hybridized carbons (Fsp3) is 0.467. The van der Waals surface area contributed by atoms with Gasteiger partial charge in [0, 0.05) is 13.6 Å². The van der Waals surface area contributed by atoms with E-state index in [-0.39, 0.29) is 0 Å². The van der Waals surface area contributed by atoms with Crippen molar-refractivity contribution < 1.29 is 0 Å². The summed E-state index contributed by atoms with van der Waals surface area (Å²) in [7, 11) is 2.03. The Labute approximate surface area is 114 Å². The van der Waals surface area contributed by atoms with Crippen LogP contribution in [0.25, 0.3) is 11.0 Å². The molecule has 2 rings (SSSR count). The Kier molecular flexibility index (Phi) is 3.59. The highest BCUT2D eigenvalue weighted by atomic mass is 15.0. The summed E-state index contributed by atoms with van der Waals surface area (Å²) in [5, 5.41) is 12.2. The molecule has 0 aliphatic heterocycles. The normalized spacial score (nSPS) is 11.7. The molecule has 1 N–H and O–H groups in total. The molecule has 4 heteroatoms. The van der Waals surface area contributed by atoms with Gasteiger partial charge in [-0.05, 0) is 44.9 Å². The molecule has 0 unspecified atom stereocenters. The molecule has 0 amide bonds. The molecular weight excluding hydrogens is 236 g/mol. The number of nitrogens with zero attached hydrogens (tertiary/aromatic N) is 3. The fourth-order valence-corrected chi connectivity index (χ4v) is 2.08. The van der Waals surface area contributed by atoms with Crippen molar-refractivity contribution in [1.82, 2.24) is 14.9 Å². The average molecular weight is 256 g/mol. The Bertz CT molecular complexity index is 631. The lowest BCUT2D eigenvalue weighted by Crippen LogP contribution is -2.38. The minimum atomic E-state index is -0.467. The van der Waals surface area contributed by atoms with E-state index in [9.17, 15) is 0 Å². The lowest BCUT2D eigenvalue weighted by Gasteiger charge is -2.17. The van der Waals surface area contributed by atoms with Crippen molar-refractivity contribution in [2.75, 3.05) is 6.54 Å². The highest BCUT2D eigenvalue weighted by molar-refractivity contribution is 5.76. The van der Waals surface area contributed by atoms with Crippen LogP contribution in [0.5, 0.6) is 0 Å². The maximum Gasteiger partial charge on any atom is 0.106 e. The number of hydrogen-bond acceptors (Lipinski definition) is 3. The highest BCUT2D eigenvalue weighted by Crippen LogP contribution is 2.16. The van der Waals surface area contributed by atoms with Crippen LogP contribution in [0.2, 0.25) is 0 Å². The third kappa shape index (κ3) is 2.94. The van der Waals surface area contributed by atoms with Gasteiger partial charge in [-0.15, -0.1) is 0 Å². The second-order valence-corrected chi connectivity index (χ2v) is 5.45. The SMILES string of the molecule is Cc1nc2cc(CCNC(C)(C)C#N)ccc2n1C. The Balaban J connectivity index is 2.08. The van der Waals surface area contributed by atoms with Gasteiger partial charge in [0.2, 0.25) is 0 Å². The van der Waals surface area contributed by atoms with E-state index < -0.39 is 5.54 Å². The predicted molar refractivity (Wildman–Crippen MR) is 76.8 cm³/mol. The summed E-state index contributed by atoms with van der Waals surface area (Å²) in [4.78, 5) is 4.54. The van der Waals surface area contributed by atoms with Crippen LogP contribution in [-0.2, 0) is 13.5 Å². The van der Waals surface area contributed by atoms with E-state index in [1.807, 2.05) is 27.8 Å². The van der Waals surface area contributed by atoms with Crippen LogP contribution in [0.4, 0.5) is 0 Å². The van der Waals surface area contributed by atoms with Crippen LogP contribution in [0.1, 0.15) is 25.2 Å². The van der Waals surface area contributed by atoms with Crippen LogP contribution in [-0.4, -0.2) is 21.6 Å². The molecule has 0 saturated carbocycles. The third-order valence-electron chi connectivity index (χ3n) is 3.43. The molecule has 0 saturated heterocycles. The zero-order valence-corrected chi connectivity index (χ0v) is 12.0. The molecule has 0 fully saturated rings. The van der Waals surface area contributed by atoms with Crippen LogP contribution in [0.15, 0.2) is 18.2 Å². The van der Waals surface area contributed by atoms with Crippen molar-refractivity contribution in [3.05, 3.63) is 29.6 Å². The van der Waals surface area contributed by atoms with Gasteiger partial charge in [0.25, 0.3) is 0 Å². The van der Waals surface area contributed by atoms with Crippen molar-refractivity contribution in [2.24, 2.45) is 7.05 Å². The molecule has 0 radical (unpaired) electrons. The third-order valence-corrected chi connectivity index (χ3v) is 3.43. The van der Waals surface area contributed by atoms with Gasteiger partial charge in [-0.3, -0.25) is 5.32 Å². The molecule has 0 spiro atoms. The number of aromatic nitrogens is 2. The van der Waals surface area contributed by atoms with Gasteiger partial charge >= 0.3 is 0 Å². The number of rotatable bonds is 4. The Morgan fingerprint density at radius 2 is 2.16 bits per heavy atom. The lowest BCUT2D eigenvalue weighted by molar-refractivity contribution is 0.490. The number of fused-ring (bicyclic) bond motifs is 1. The van der Waals surface area contributed by atoms with Gasteiger partial charge in [-0.1, -0.05) is 6.07 Å². The van der Waals surface area contributed by atoms with Gasteiger partial charge < -0.3 is 4.57 Å². The fourth-order valence-electron chi connectivity index (χ4n) is 2.08. The summed E-state index contributed by atoms with van der Waals surface area (Å²) in [6.07, 6.45) is 0.899. The second kappa shape index (κ2) is 5.02. The van der Waals surface area contributed by atoms with Crippen molar-refractivity contribution in [3.63, 3.8) is 0 Å². The first-order valence-corrected chi connectivity index (χ1v) is 6.51. The van der Waals surface area contributed by atoms with E-state index in [0.29, 0.717) is 0 Å². The molecule has 2 aromatic rings.